The second kappa shape index (κ2) is 13.4. The Morgan fingerprint density at radius 3 is 2.43 bits per heavy atom. The van der Waals surface area contributed by atoms with E-state index in [1.165, 1.54) is 7.11 Å². The molecular weight excluding hydrogens is 482 g/mol. The minimum atomic E-state index is -0.718. The summed E-state index contributed by atoms with van der Waals surface area (Å²) in [6.45, 7) is 4.56. The molecule has 188 valence electrons. The van der Waals surface area contributed by atoms with Crippen molar-refractivity contribution in [2.75, 3.05) is 24.7 Å². The largest absolute Gasteiger partial charge is 0.467 e. The molecule has 0 heterocycles. The lowest BCUT2D eigenvalue weighted by Crippen LogP contribution is -2.42. The maximum absolute atomic E-state index is 13.4. The first-order valence-corrected chi connectivity index (χ1v) is 12.1. The Bertz CT molecular complexity index is 1150. The lowest BCUT2D eigenvalue weighted by molar-refractivity contribution is -0.143. The van der Waals surface area contributed by atoms with E-state index in [2.05, 4.69) is 23.3 Å². The normalized spacial score (nSPS) is 12.5. The Morgan fingerprint density at radius 2 is 1.74 bits per heavy atom. The summed E-state index contributed by atoms with van der Waals surface area (Å²) < 4.78 is 4.92. The number of carbonyl (C=O) groups excluding carboxylic acids is 2. The minimum absolute atomic E-state index is 0. The van der Waals surface area contributed by atoms with Crippen LogP contribution in [0.5, 0.6) is 0 Å². The summed E-state index contributed by atoms with van der Waals surface area (Å²) in [7, 11) is 1.33. The Morgan fingerprint density at radius 1 is 1.03 bits per heavy atom. The molecule has 6 nitrogen and oxygen atoms in total. The molecule has 0 aliphatic heterocycles. The molecule has 0 spiro atoms. The number of fused-ring (bicyclic) bond motifs is 1. The summed E-state index contributed by atoms with van der Waals surface area (Å²) >= 11 is 4.25. The van der Waals surface area contributed by atoms with Crippen molar-refractivity contribution in [1.82, 2.24) is 5.32 Å². The van der Waals surface area contributed by atoms with Crippen LogP contribution in [-0.2, 0) is 9.53 Å². The maximum atomic E-state index is 13.4. The van der Waals surface area contributed by atoms with E-state index in [0.29, 0.717) is 24.3 Å². The molecule has 35 heavy (non-hydrogen) atoms. The third-order valence-corrected chi connectivity index (χ3v) is 6.11. The number of amides is 1. The number of nitrogens with two attached hydrogens (primary N) is 1. The highest BCUT2D eigenvalue weighted by Gasteiger charge is 2.25. The second-order valence-electron chi connectivity index (χ2n) is 8.79. The van der Waals surface area contributed by atoms with Crippen molar-refractivity contribution in [1.29, 1.82) is 0 Å². The fourth-order valence-corrected chi connectivity index (χ4v) is 4.04. The van der Waals surface area contributed by atoms with Gasteiger partial charge < -0.3 is 21.1 Å². The van der Waals surface area contributed by atoms with Crippen molar-refractivity contribution < 1.29 is 14.3 Å². The smallest absolute Gasteiger partial charge is 0.328 e. The van der Waals surface area contributed by atoms with Gasteiger partial charge in [-0.2, -0.15) is 12.6 Å². The van der Waals surface area contributed by atoms with Gasteiger partial charge in [-0.05, 0) is 52.4 Å². The molecular formula is C27H34ClN3O3S. The van der Waals surface area contributed by atoms with Gasteiger partial charge in [0, 0.05) is 29.6 Å². The molecule has 0 bridgehead atoms. The van der Waals surface area contributed by atoms with Gasteiger partial charge in [0.1, 0.15) is 6.04 Å². The van der Waals surface area contributed by atoms with Gasteiger partial charge in [-0.3, -0.25) is 4.79 Å². The number of benzene rings is 3. The maximum Gasteiger partial charge on any atom is 0.328 e. The van der Waals surface area contributed by atoms with Gasteiger partial charge in [0.2, 0.25) is 0 Å². The average Bonchev–Trinajstić information content (AvgIpc) is 2.85. The number of hydrogen-bond acceptors (Lipinski definition) is 6. The molecule has 0 aliphatic carbocycles. The van der Waals surface area contributed by atoms with Crippen LogP contribution in [0.1, 0.15) is 30.6 Å². The SMILES string of the molecule is COC(=O)[C@H](CC(C)C)NC(=O)c1ccc(NC[C@@H](N)CS)cc1-c1cccc2ccccc12.Cl. The standard InChI is InChI=1S/C27H33N3O3S.ClH/c1-17(2)13-25(27(32)33-3)30-26(31)23-12-11-20(29-15-19(28)16-34)14-24(23)22-10-6-8-18-7-4-5-9-21(18)22;/h4-12,14,17,19,25,29,34H,13,15-16,28H2,1-3H3,(H,30,31);1H/t19-,25+;/m1./s1. The van der Waals surface area contributed by atoms with Gasteiger partial charge in [-0.15, -0.1) is 12.4 Å². The van der Waals surface area contributed by atoms with Crippen LogP contribution in [0.15, 0.2) is 60.7 Å². The summed E-state index contributed by atoms with van der Waals surface area (Å²) in [4.78, 5) is 25.8. The van der Waals surface area contributed by atoms with Gasteiger partial charge in [0.05, 0.1) is 7.11 Å². The van der Waals surface area contributed by atoms with E-state index in [4.69, 9.17) is 10.5 Å². The Balaban J connectivity index is 0.00000432. The van der Waals surface area contributed by atoms with Crippen LogP contribution in [0.4, 0.5) is 5.69 Å². The highest BCUT2D eigenvalue weighted by molar-refractivity contribution is 7.80. The third-order valence-electron chi connectivity index (χ3n) is 5.65. The number of nitrogens with one attached hydrogen (secondary N) is 2. The van der Waals surface area contributed by atoms with Crippen molar-refractivity contribution >= 4 is 53.4 Å². The quantitative estimate of drug-likeness (QED) is 0.227. The molecule has 4 N–H and O–H groups in total. The van der Waals surface area contributed by atoms with E-state index >= 15 is 0 Å². The van der Waals surface area contributed by atoms with Crippen LogP contribution in [0.2, 0.25) is 0 Å². The molecule has 0 unspecified atom stereocenters. The van der Waals surface area contributed by atoms with E-state index in [0.717, 1.165) is 27.6 Å². The summed E-state index contributed by atoms with van der Waals surface area (Å²) in [6.07, 6.45) is 0.489. The predicted molar refractivity (Wildman–Crippen MR) is 150 cm³/mol. The van der Waals surface area contributed by atoms with E-state index in [1.807, 2.05) is 68.4 Å². The van der Waals surface area contributed by atoms with E-state index < -0.39 is 12.0 Å². The molecule has 3 rings (SSSR count). The van der Waals surface area contributed by atoms with E-state index in [9.17, 15) is 9.59 Å². The molecule has 0 fully saturated rings. The van der Waals surface area contributed by atoms with Gasteiger partial charge in [0.15, 0.2) is 0 Å². The van der Waals surface area contributed by atoms with Gasteiger partial charge >= 0.3 is 5.97 Å². The molecule has 3 aromatic rings. The molecule has 8 heteroatoms. The van der Waals surface area contributed by atoms with Crippen LogP contribution in [0, 0.1) is 5.92 Å². The van der Waals surface area contributed by atoms with Gasteiger partial charge in [0.25, 0.3) is 5.91 Å². The summed E-state index contributed by atoms with van der Waals surface area (Å²) in [5, 5.41) is 8.34. The van der Waals surface area contributed by atoms with Crippen LogP contribution >= 0.6 is 25.0 Å². The van der Waals surface area contributed by atoms with Crippen LogP contribution in [0.3, 0.4) is 0 Å². The van der Waals surface area contributed by atoms with Crippen molar-refractivity contribution in [2.24, 2.45) is 11.7 Å². The molecule has 3 aromatic carbocycles. The van der Waals surface area contributed by atoms with Crippen LogP contribution in [-0.4, -0.2) is 43.4 Å². The van der Waals surface area contributed by atoms with Crippen molar-refractivity contribution in [3.8, 4) is 11.1 Å². The summed E-state index contributed by atoms with van der Waals surface area (Å²) in [5.41, 5.74) is 9.05. The Labute approximate surface area is 218 Å². The number of rotatable bonds is 10. The average molecular weight is 516 g/mol. The molecule has 2 atom stereocenters. The highest BCUT2D eigenvalue weighted by atomic mass is 35.5. The zero-order valence-corrected chi connectivity index (χ0v) is 22.0. The zero-order chi connectivity index (χ0) is 24.7. The lowest BCUT2D eigenvalue weighted by atomic mass is 9.93. The molecule has 0 aromatic heterocycles. The molecule has 0 radical (unpaired) electrons. The van der Waals surface area contributed by atoms with Crippen molar-refractivity contribution in [3.63, 3.8) is 0 Å². The molecule has 0 saturated carbocycles. The number of ether oxygens (including phenoxy) is 1. The zero-order valence-electron chi connectivity index (χ0n) is 20.3. The topological polar surface area (TPSA) is 93.4 Å². The van der Waals surface area contributed by atoms with E-state index in [-0.39, 0.29) is 30.3 Å². The number of halogens is 1. The number of anilines is 1. The van der Waals surface area contributed by atoms with Crippen LogP contribution < -0.4 is 16.4 Å². The number of thiol groups is 1. The fraction of sp³-hybridized carbons (Fsp3) is 0.333. The number of methoxy groups -OCH3 is 1. The number of esters is 1. The predicted octanol–water partition coefficient (Wildman–Crippen LogP) is 4.92. The number of carbonyl (C=O) groups is 2. The monoisotopic (exact) mass is 515 g/mol. The van der Waals surface area contributed by atoms with Gasteiger partial charge in [-0.1, -0.05) is 56.3 Å². The fourth-order valence-electron chi connectivity index (χ4n) is 3.91. The highest BCUT2D eigenvalue weighted by Crippen LogP contribution is 2.33. The summed E-state index contributed by atoms with van der Waals surface area (Å²) in [6, 6.07) is 18.9. The molecule has 1 amide bonds. The Kier molecular flexibility index (Phi) is 10.9. The number of hydrogen-bond donors (Lipinski definition) is 4. The third kappa shape index (κ3) is 7.37. The first-order chi connectivity index (χ1) is 16.3. The first kappa shape index (κ1) is 28.5. The minimum Gasteiger partial charge on any atom is -0.467 e. The summed E-state index contributed by atoms with van der Waals surface area (Å²) in [5.74, 6) is 0.00368. The first-order valence-electron chi connectivity index (χ1n) is 11.4. The van der Waals surface area contributed by atoms with Crippen molar-refractivity contribution in [3.05, 3.63) is 66.2 Å². The second-order valence-corrected chi connectivity index (χ2v) is 9.15. The molecule has 0 aliphatic rings. The van der Waals surface area contributed by atoms with E-state index in [1.54, 1.807) is 6.07 Å². The lowest BCUT2D eigenvalue weighted by Gasteiger charge is -2.20. The molecule has 0 saturated heterocycles. The Hall–Kier alpha value is -2.74. The van der Waals surface area contributed by atoms with Crippen molar-refractivity contribution in [2.45, 2.75) is 32.4 Å². The van der Waals surface area contributed by atoms with Crippen LogP contribution in [0.25, 0.3) is 21.9 Å². The van der Waals surface area contributed by atoms with Gasteiger partial charge in [-0.25, -0.2) is 4.79 Å².